The van der Waals surface area contributed by atoms with Gasteiger partial charge in [-0.25, -0.2) is 0 Å². The third-order valence-corrected chi connectivity index (χ3v) is 1.89. The summed E-state index contributed by atoms with van der Waals surface area (Å²) in [6, 6.07) is 0. The number of rotatable bonds is 4. The van der Waals surface area contributed by atoms with Gasteiger partial charge in [-0.2, -0.15) is 0 Å². The number of carbonyl (C=O) groups is 1. The smallest absolute Gasteiger partial charge is 0.246 e. The van der Waals surface area contributed by atoms with E-state index in [4.69, 9.17) is 4.74 Å². The van der Waals surface area contributed by atoms with Crippen molar-refractivity contribution in [3.63, 3.8) is 0 Å². The summed E-state index contributed by atoms with van der Waals surface area (Å²) in [5.41, 5.74) is 0.142. The Bertz CT molecular complexity index is 166. The van der Waals surface area contributed by atoms with Crippen LogP contribution in [0.15, 0.2) is 0 Å². The third kappa shape index (κ3) is 2.46. The molecule has 0 aromatic rings. The molecule has 0 spiro atoms. The summed E-state index contributed by atoms with van der Waals surface area (Å²) in [5.74, 6) is -0.0642. The molecule has 4 heteroatoms. The first-order valence-electron chi connectivity index (χ1n) is 4.00. The van der Waals surface area contributed by atoms with Crippen molar-refractivity contribution in [3.05, 3.63) is 0 Å². The topological polar surface area (TPSA) is 47.6 Å². The zero-order valence-electron chi connectivity index (χ0n) is 7.55. The summed E-state index contributed by atoms with van der Waals surface area (Å²) in [4.78, 5) is 11.0. The molecule has 0 saturated carbocycles. The van der Waals surface area contributed by atoms with Crippen molar-refractivity contribution in [3.8, 4) is 0 Å². The van der Waals surface area contributed by atoms with Crippen molar-refractivity contribution < 1.29 is 14.3 Å². The molecule has 4 nitrogen and oxygen atoms in total. The van der Waals surface area contributed by atoms with Crippen molar-refractivity contribution >= 4 is 5.91 Å². The predicted octanol–water partition coefficient (Wildman–Crippen LogP) is -0.215. The lowest BCUT2D eigenvalue weighted by atomic mass is 9.89. The van der Waals surface area contributed by atoms with Crippen LogP contribution in [0.1, 0.15) is 6.92 Å². The quantitative estimate of drug-likeness (QED) is 0.639. The highest BCUT2D eigenvalue weighted by molar-refractivity contribution is 5.77. The SMILES string of the molecule is COCC(=O)NCC1(C)COC1. The maximum absolute atomic E-state index is 11.0. The Morgan fingerprint density at radius 3 is 2.75 bits per heavy atom. The van der Waals surface area contributed by atoms with Crippen LogP contribution < -0.4 is 5.32 Å². The van der Waals surface area contributed by atoms with Crippen molar-refractivity contribution in [2.24, 2.45) is 5.41 Å². The average molecular weight is 173 g/mol. The van der Waals surface area contributed by atoms with E-state index < -0.39 is 0 Å². The van der Waals surface area contributed by atoms with Gasteiger partial charge in [0, 0.05) is 19.1 Å². The first kappa shape index (κ1) is 9.48. The van der Waals surface area contributed by atoms with Gasteiger partial charge in [-0.05, 0) is 0 Å². The monoisotopic (exact) mass is 173 g/mol. The number of carbonyl (C=O) groups excluding carboxylic acids is 1. The Morgan fingerprint density at radius 2 is 2.33 bits per heavy atom. The van der Waals surface area contributed by atoms with Crippen LogP contribution in [0.4, 0.5) is 0 Å². The normalized spacial score (nSPS) is 19.8. The molecule has 0 bridgehead atoms. The third-order valence-electron chi connectivity index (χ3n) is 1.89. The molecule has 1 aliphatic heterocycles. The van der Waals surface area contributed by atoms with Gasteiger partial charge in [0.1, 0.15) is 6.61 Å². The van der Waals surface area contributed by atoms with Crippen LogP contribution in [-0.4, -0.2) is 39.4 Å². The van der Waals surface area contributed by atoms with E-state index in [-0.39, 0.29) is 17.9 Å². The van der Waals surface area contributed by atoms with Gasteiger partial charge in [-0.1, -0.05) is 6.92 Å². The highest BCUT2D eigenvalue weighted by atomic mass is 16.5. The van der Waals surface area contributed by atoms with E-state index in [1.54, 1.807) is 0 Å². The second-order valence-corrected chi connectivity index (χ2v) is 3.51. The van der Waals surface area contributed by atoms with E-state index >= 15 is 0 Å². The Kier molecular flexibility index (Phi) is 3.05. The van der Waals surface area contributed by atoms with E-state index in [1.807, 2.05) is 0 Å². The lowest BCUT2D eigenvalue weighted by Crippen LogP contribution is -2.49. The fourth-order valence-electron chi connectivity index (χ4n) is 1.05. The summed E-state index contributed by atoms with van der Waals surface area (Å²) in [6.45, 7) is 4.37. The van der Waals surface area contributed by atoms with E-state index in [0.717, 1.165) is 13.2 Å². The molecule has 0 radical (unpaired) electrons. The standard InChI is InChI=1S/C8H15NO3/c1-8(5-12-6-8)4-9-7(10)3-11-2/h3-6H2,1-2H3,(H,9,10). The van der Waals surface area contributed by atoms with Crippen LogP contribution >= 0.6 is 0 Å². The van der Waals surface area contributed by atoms with Gasteiger partial charge in [0.2, 0.25) is 5.91 Å². The summed E-state index contributed by atoms with van der Waals surface area (Å²) >= 11 is 0. The number of amides is 1. The minimum atomic E-state index is -0.0642. The van der Waals surface area contributed by atoms with Crippen molar-refractivity contribution in [1.29, 1.82) is 0 Å². The summed E-state index contributed by atoms with van der Waals surface area (Å²) in [6.07, 6.45) is 0. The lowest BCUT2D eigenvalue weighted by molar-refractivity contribution is -0.130. The van der Waals surface area contributed by atoms with Crippen LogP contribution in [0, 0.1) is 5.41 Å². The van der Waals surface area contributed by atoms with Crippen molar-refractivity contribution in [2.45, 2.75) is 6.92 Å². The number of nitrogens with one attached hydrogen (secondary N) is 1. The summed E-state index contributed by atoms with van der Waals surface area (Å²) in [7, 11) is 1.51. The van der Waals surface area contributed by atoms with Gasteiger partial charge < -0.3 is 14.8 Å². The molecule has 1 heterocycles. The lowest BCUT2D eigenvalue weighted by Gasteiger charge is -2.37. The second kappa shape index (κ2) is 3.87. The number of hydrogen-bond acceptors (Lipinski definition) is 3. The molecule has 1 amide bonds. The van der Waals surface area contributed by atoms with E-state index in [0.29, 0.717) is 6.54 Å². The first-order valence-corrected chi connectivity index (χ1v) is 4.00. The molecule has 0 aromatic heterocycles. The van der Waals surface area contributed by atoms with Crippen LogP contribution in [0.25, 0.3) is 0 Å². The Labute approximate surface area is 72.2 Å². The minimum absolute atomic E-state index is 0.0642. The highest BCUT2D eigenvalue weighted by Gasteiger charge is 2.33. The van der Waals surface area contributed by atoms with Gasteiger partial charge >= 0.3 is 0 Å². The molecule has 12 heavy (non-hydrogen) atoms. The average Bonchev–Trinajstić information content (AvgIpc) is 1.98. The van der Waals surface area contributed by atoms with E-state index in [2.05, 4.69) is 17.0 Å². The van der Waals surface area contributed by atoms with Crippen LogP contribution in [0.5, 0.6) is 0 Å². The van der Waals surface area contributed by atoms with Gasteiger partial charge in [0.05, 0.1) is 13.2 Å². The van der Waals surface area contributed by atoms with E-state index in [1.165, 1.54) is 7.11 Å². The minimum Gasteiger partial charge on any atom is -0.380 e. The number of hydrogen-bond donors (Lipinski definition) is 1. The van der Waals surface area contributed by atoms with Crippen molar-refractivity contribution in [2.75, 3.05) is 33.5 Å². The van der Waals surface area contributed by atoms with Crippen molar-refractivity contribution in [1.82, 2.24) is 5.32 Å². The zero-order chi connectivity index (χ0) is 9.03. The molecule has 1 saturated heterocycles. The Hall–Kier alpha value is -0.610. The predicted molar refractivity (Wildman–Crippen MR) is 43.8 cm³/mol. The molecule has 0 unspecified atom stereocenters. The zero-order valence-corrected chi connectivity index (χ0v) is 7.55. The molecule has 1 N–H and O–H groups in total. The van der Waals surface area contributed by atoms with Gasteiger partial charge in [-0.3, -0.25) is 4.79 Å². The highest BCUT2D eigenvalue weighted by Crippen LogP contribution is 2.24. The maximum atomic E-state index is 11.0. The summed E-state index contributed by atoms with van der Waals surface area (Å²) < 4.78 is 9.72. The number of methoxy groups -OCH3 is 1. The molecule has 1 aliphatic rings. The number of ether oxygens (including phenoxy) is 2. The maximum Gasteiger partial charge on any atom is 0.246 e. The Morgan fingerprint density at radius 1 is 1.67 bits per heavy atom. The molecule has 70 valence electrons. The molecule has 0 aliphatic carbocycles. The first-order chi connectivity index (χ1) is 5.66. The largest absolute Gasteiger partial charge is 0.380 e. The van der Waals surface area contributed by atoms with Gasteiger partial charge in [0.15, 0.2) is 0 Å². The molecule has 0 atom stereocenters. The van der Waals surface area contributed by atoms with Gasteiger partial charge in [-0.15, -0.1) is 0 Å². The summed E-state index contributed by atoms with van der Waals surface area (Å²) in [5, 5.41) is 2.78. The molecular formula is C8H15NO3. The Balaban J connectivity index is 2.12. The molecule has 0 aromatic carbocycles. The second-order valence-electron chi connectivity index (χ2n) is 3.51. The van der Waals surface area contributed by atoms with E-state index in [9.17, 15) is 4.79 Å². The van der Waals surface area contributed by atoms with Gasteiger partial charge in [0.25, 0.3) is 0 Å². The molecule has 1 rings (SSSR count). The molecular weight excluding hydrogens is 158 g/mol. The van der Waals surface area contributed by atoms with Crippen LogP contribution in [-0.2, 0) is 14.3 Å². The fourth-order valence-corrected chi connectivity index (χ4v) is 1.05. The van der Waals surface area contributed by atoms with Crippen LogP contribution in [0.3, 0.4) is 0 Å². The fraction of sp³-hybridized carbons (Fsp3) is 0.875. The van der Waals surface area contributed by atoms with Crippen LogP contribution in [0.2, 0.25) is 0 Å². The molecule has 1 fully saturated rings.